The van der Waals surface area contributed by atoms with E-state index in [0.717, 1.165) is 5.69 Å². The second-order valence-corrected chi connectivity index (χ2v) is 7.77. The zero-order valence-electron chi connectivity index (χ0n) is 17.5. The number of pyridine rings is 1. The van der Waals surface area contributed by atoms with Gasteiger partial charge in [-0.25, -0.2) is 13.8 Å². The number of benzene rings is 1. The van der Waals surface area contributed by atoms with Crippen molar-refractivity contribution in [2.45, 2.75) is 26.2 Å². The molecule has 3 aromatic rings. The lowest BCUT2D eigenvalue weighted by Crippen LogP contribution is -2.35. The predicted octanol–water partition coefficient (Wildman–Crippen LogP) is 4.61. The predicted molar refractivity (Wildman–Crippen MR) is 114 cm³/mol. The molecule has 0 amide bonds. The number of carboxylic acid groups (broad SMARTS) is 1. The van der Waals surface area contributed by atoms with E-state index in [2.05, 4.69) is 15.0 Å². The molecule has 0 saturated carbocycles. The number of hydrogen-bond acceptors (Lipinski definition) is 6. The molecule has 166 valence electrons. The van der Waals surface area contributed by atoms with E-state index in [1.807, 2.05) is 6.92 Å². The highest BCUT2D eigenvalue weighted by molar-refractivity contribution is 5.67. The molecule has 4 rings (SSSR count). The fraction of sp³-hybridized carbons (Fsp3) is 0.304. The minimum Gasteiger partial charge on any atom is -0.481 e. The molecular formula is C23H22F2N4O3. The summed E-state index contributed by atoms with van der Waals surface area (Å²) in [6.45, 7) is 2.66. The number of aliphatic carboxylic acids is 1. The SMILES string of the molecule is Cc1ccc(Oc2ccnc(-c3cc(F)c(N4CCC(CC(=O)O)CC4)c(F)c3)n2)cn1. The van der Waals surface area contributed by atoms with Crippen LogP contribution in [0.25, 0.3) is 11.4 Å². The van der Waals surface area contributed by atoms with Crippen LogP contribution in [0.4, 0.5) is 14.5 Å². The van der Waals surface area contributed by atoms with Gasteiger partial charge in [-0.1, -0.05) is 0 Å². The van der Waals surface area contributed by atoms with Gasteiger partial charge in [0.1, 0.15) is 23.1 Å². The van der Waals surface area contributed by atoms with Crippen LogP contribution in [-0.4, -0.2) is 39.1 Å². The Hall–Kier alpha value is -3.62. The number of piperidine rings is 1. The highest BCUT2D eigenvalue weighted by atomic mass is 19.1. The number of anilines is 1. The molecule has 1 saturated heterocycles. The first-order chi connectivity index (χ1) is 15.4. The summed E-state index contributed by atoms with van der Waals surface area (Å²) >= 11 is 0. The number of hydrogen-bond donors (Lipinski definition) is 1. The quantitative estimate of drug-likeness (QED) is 0.599. The molecule has 2 aromatic heterocycles. The second-order valence-electron chi connectivity index (χ2n) is 7.77. The lowest BCUT2D eigenvalue weighted by atomic mass is 9.93. The van der Waals surface area contributed by atoms with Crippen LogP contribution in [0, 0.1) is 24.5 Å². The Labute approximate surface area is 183 Å². The molecule has 1 fully saturated rings. The number of aromatic nitrogens is 3. The van der Waals surface area contributed by atoms with Crippen LogP contribution in [0.3, 0.4) is 0 Å². The summed E-state index contributed by atoms with van der Waals surface area (Å²) in [5.74, 6) is -1.41. The maximum absolute atomic E-state index is 14.9. The Morgan fingerprint density at radius 2 is 1.88 bits per heavy atom. The normalized spacial score (nSPS) is 14.4. The van der Waals surface area contributed by atoms with Crippen molar-refractivity contribution in [2.75, 3.05) is 18.0 Å². The summed E-state index contributed by atoms with van der Waals surface area (Å²) in [5, 5.41) is 8.93. The van der Waals surface area contributed by atoms with Crippen LogP contribution in [-0.2, 0) is 4.79 Å². The molecule has 0 atom stereocenters. The Kier molecular flexibility index (Phi) is 6.25. The molecule has 32 heavy (non-hydrogen) atoms. The van der Waals surface area contributed by atoms with E-state index in [1.54, 1.807) is 29.3 Å². The third-order valence-corrected chi connectivity index (χ3v) is 5.41. The summed E-state index contributed by atoms with van der Waals surface area (Å²) in [4.78, 5) is 25.0. The molecule has 0 spiro atoms. The van der Waals surface area contributed by atoms with Gasteiger partial charge >= 0.3 is 5.97 Å². The Balaban J connectivity index is 1.52. The molecule has 7 nitrogen and oxygen atoms in total. The highest BCUT2D eigenvalue weighted by Crippen LogP contribution is 2.32. The maximum Gasteiger partial charge on any atom is 0.303 e. The van der Waals surface area contributed by atoms with Gasteiger partial charge in [-0.3, -0.25) is 9.78 Å². The Morgan fingerprint density at radius 1 is 1.16 bits per heavy atom. The van der Waals surface area contributed by atoms with Gasteiger partial charge in [0.2, 0.25) is 5.88 Å². The molecule has 0 unspecified atom stereocenters. The van der Waals surface area contributed by atoms with E-state index in [0.29, 0.717) is 31.7 Å². The van der Waals surface area contributed by atoms with Crippen LogP contribution in [0.1, 0.15) is 25.0 Å². The van der Waals surface area contributed by atoms with Gasteiger partial charge in [-0.05, 0) is 49.9 Å². The van der Waals surface area contributed by atoms with Gasteiger partial charge in [0.05, 0.1) is 6.20 Å². The van der Waals surface area contributed by atoms with Gasteiger partial charge in [-0.15, -0.1) is 0 Å². The third-order valence-electron chi connectivity index (χ3n) is 5.41. The summed E-state index contributed by atoms with van der Waals surface area (Å²) in [7, 11) is 0. The van der Waals surface area contributed by atoms with Gasteiger partial charge < -0.3 is 14.7 Å². The number of carboxylic acids is 1. The van der Waals surface area contributed by atoms with Crippen LogP contribution in [0.5, 0.6) is 11.6 Å². The second kappa shape index (κ2) is 9.25. The van der Waals surface area contributed by atoms with E-state index in [-0.39, 0.29) is 35.3 Å². The minimum atomic E-state index is -0.852. The van der Waals surface area contributed by atoms with Crippen molar-refractivity contribution in [3.05, 3.63) is 60.1 Å². The van der Waals surface area contributed by atoms with Gasteiger partial charge in [-0.2, -0.15) is 4.98 Å². The number of halogens is 2. The lowest BCUT2D eigenvalue weighted by molar-refractivity contribution is -0.138. The average Bonchev–Trinajstić information content (AvgIpc) is 2.76. The van der Waals surface area contributed by atoms with Crippen molar-refractivity contribution >= 4 is 11.7 Å². The van der Waals surface area contributed by atoms with Crippen molar-refractivity contribution in [3.8, 4) is 23.0 Å². The first kappa shape index (κ1) is 21.6. The van der Waals surface area contributed by atoms with Gasteiger partial charge in [0.15, 0.2) is 5.82 Å². The van der Waals surface area contributed by atoms with Crippen LogP contribution < -0.4 is 9.64 Å². The monoisotopic (exact) mass is 440 g/mol. The standard InChI is InChI=1S/C23H22F2N4O3/c1-14-2-3-17(13-27-14)32-20-4-7-26-23(28-20)16-11-18(24)22(19(25)12-16)29-8-5-15(6-9-29)10-21(30)31/h2-4,7,11-13,15H,5-6,8-10H2,1H3,(H,30,31). The van der Waals surface area contributed by atoms with Gasteiger partial charge in [0.25, 0.3) is 0 Å². The average molecular weight is 440 g/mol. The van der Waals surface area contributed by atoms with Crippen molar-refractivity contribution in [2.24, 2.45) is 5.92 Å². The van der Waals surface area contributed by atoms with E-state index in [1.165, 1.54) is 18.3 Å². The molecule has 1 N–H and O–H groups in total. The molecule has 1 aliphatic rings. The van der Waals surface area contributed by atoms with Crippen LogP contribution in [0.2, 0.25) is 0 Å². The van der Waals surface area contributed by atoms with Gasteiger partial charge in [0, 0.05) is 43.0 Å². The molecule has 9 heteroatoms. The largest absolute Gasteiger partial charge is 0.481 e. The topological polar surface area (TPSA) is 88.4 Å². The smallest absolute Gasteiger partial charge is 0.303 e. The molecular weight excluding hydrogens is 418 g/mol. The number of ether oxygens (including phenoxy) is 1. The van der Waals surface area contributed by atoms with E-state index in [4.69, 9.17) is 9.84 Å². The van der Waals surface area contributed by atoms with E-state index >= 15 is 0 Å². The molecule has 1 aliphatic heterocycles. The van der Waals surface area contributed by atoms with Crippen molar-refractivity contribution in [3.63, 3.8) is 0 Å². The first-order valence-electron chi connectivity index (χ1n) is 10.3. The van der Waals surface area contributed by atoms with E-state index < -0.39 is 17.6 Å². The zero-order valence-corrected chi connectivity index (χ0v) is 17.5. The molecule has 1 aromatic carbocycles. The zero-order chi connectivity index (χ0) is 22.7. The Bertz CT molecular complexity index is 1090. The Morgan fingerprint density at radius 3 is 2.50 bits per heavy atom. The fourth-order valence-corrected chi connectivity index (χ4v) is 3.78. The summed E-state index contributed by atoms with van der Waals surface area (Å²) < 4.78 is 35.5. The minimum absolute atomic E-state index is 0.0222. The van der Waals surface area contributed by atoms with Crippen molar-refractivity contribution < 1.29 is 23.4 Å². The lowest BCUT2D eigenvalue weighted by Gasteiger charge is -2.33. The molecule has 0 radical (unpaired) electrons. The highest BCUT2D eigenvalue weighted by Gasteiger charge is 2.26. The number of aryl methyl sites for hydroxylation is 1. The van der Waals surface area contributed by atoms with Crippen LogP contribution in [0.15, 0.2) is 42.7 Å². The number of rotatable bonds is 6. The fourth-order valence-electron chi connectivity index (χ4n) is 3.78. The molecule has 0 aliphatic carbocycles. The molecule has 3 heterocycles. The van der Waals surface area contributed by atoms with Crippen LogP contribution >= 0.6 is 0 Å². The molecule has 0 bridgehead atoms. The third kappa shape index (κ3) is 4.99. The summed E-state index contributed by atoms with van der Waals surface area (Å²) in [6.07, 6.45) is 4.24. The summed E-state index contributed by atoms with van der Waals surface area (Å²) in [6, 6.07) is 7.50. The van der Waals surface area contributed by atoms with E-state index in [9.17, 15) is 13.6 Å². The maximum atomic E-state index is 14.9. The van der Waals surface area contributed by atoms with Crippen molar-refractivity contribution in [1.29, 1.82) is 0 Å². The number of carbonyl (C=O) groups is 1. The number of nitrogens with zero attached hydrogens (tertiary/aromatic N) is 4. The first-order valence-corrected chi connectivity index (χ1v) is 10.3. The summed E-state index contributed by atoms with van der Waals surface area (Å²) in [5.41, 5.74) is 0.926. The van der Waals surface area contributed by atoms with Crippen molar-refractivity contribution in [1.82, 2.24) is 15.0 Å².